The molecule has 8 nitrogen and oxygen atoms in total. The summed E-state index contributed by atoms with van der Waals surface area (Å²) in [6, 6.07) is 9.85. The molecule has 0 spiro atoms. The van der Waals surface area contributed by atoms with E-state index in [0.29, 0.717) is 23.1 Å². The molecule has 0 unspecified atom stereocenters. The van der Waals surface area contributed by atoms with E-state index in [2.05, 4.69) is 25.3 Å². The Labute approximate surface area is 173 Å². The Hall–Kier alpha value is -4.28. The van der Waals surface area contributed by atoms with Crippen molar-refractivity contribution in [3.63, 3.8) is 0 Å². The standard InChI is InChI=1S/C20H13F3N6O2/c21-20(22,23)16-6-1-13(10-25-16)19(30)28-14-2-4-15(5-3-14)31-18-9-17(26-11-27-18)29-8-7-24-12-29/h1-12H,(H,28,30). The van der Waals surface area contributed by atoms with Crippen molar-refractivity contribution in [3.05, 3.63) is 85.0 Å². The molecule has 1 aromatic carbocycles. The number of hydrogen-bond donors (Lipinski definition) is 1. The zero-order valence-corrected chi connectivity index (χ0v) is 15.6. The first-order chi connectivity index (χ1) is 14.9. The number of imidazole rings is 1. The molecule has 0 saturated heterocycles. The van der Waals surface area contributed by atoms with Crippen LogP contribution in [0.25, 0.3) is 5.82 Å². The third-order valence-corrected chi connectivity index (χ3v) is 4.05. The zero-order valence-electron chi connectivity index (χ0n) is 15.6. The second-order valence-corrected chi connectivity index (χ2v) is 6.19. The van der Waals surface area contributed by atoms with Crippen LogP contribution in [-0.2, 0) is 6.18 Å². The van der Waals surface area contributed by atoms with E-state index in [1.165, 1.54) is 6.33 Å². The fraction of sp³-hybridized carbons (Fsp3) is 0.0500. The lowest BCUT2D eigenvalue weighted by atomic mass is 10.2. The number of benzene rings is 1. The molecule has 0 aliphatic carbocycles. The molecule has 0 saturated carbocycles. The fourth-order valence-corrected chi connectivity index (χ4v) is 2.55. The van der Waals surface area contributed by atoms with Crippen LogP contribution in [0.2, 0.25) is 0 Å². The van der Waals surface area contributed by atoms with Crippen LogP contribution in [0.3, 0.4) is 0 Å². The molecule has 0 bridgehead atoms. The number of amides is 1. The largest absolute Gasteiger partial charge is 0.439 e. The number of nitrogens with zero attached hydrogens (tertiary/aromatic N) is 5. The Morgan fingerprint density at radius 3 is 2.48 bits per heavy atom. The number of anilines is 1. The molecule has 1 amide bonds. The molecule has 0 aliphatic heterocycles. The molecule has 11 heteroatoms. The van der Waals surface area contributed by atoms with Crippen LogP contribution in [0, 0.1) is 0 Å². The lowest BCUT2D eigenvalue weighted by Gasteiger charge is -2.09. The summed E-state index contributed by atoms with van der Waals surface area (Å²) in [5, 5.41) is 2.58. The van der Waals surface area contributed by atoms with Gasteiger partial charge in [0.15, 0.2) is 0 Å². The fourth-order valence-electron chi connectivity index (χ4n) is 2.55. The average Bonchev–Trinajstić information content (AvgIpc) is 3.30. The third-order valence-electron chi connectivity index (χ3n) is 4.05. The van der Waals surface area contributed by atoms with Crippen molar-refractivity contribution >= 4 is 11.6 Å². The molecule has 3 aromatic heterocycles. The number of alkyl halides is 3. The van der Waals surface area contributed by atoms with Crippen molar-refractivity contribution in [2.24, 2.45) is 0 Å². The van der Waals surface area contributed by atoms with Gasteiger partial charge in [0.1, 0.15) is 29.9 Å². The van der Waals surface area contributed by atoms with Crippen LogP contribution in [0.4, 0.5) is 18.9 Å². The van der Waals surface area contributed by atoms with Crippen LogP contribution in [0.5, 0.6) is 11.6 Å². The molecule has 1 N–H and O–H groups in total. The second kappa shape index (κ2) is 8.22. The van der Waals surface area contributed by atoms with Gasteiger partial charge in [-0.3, -0.25) is 14.3 Å². The minimum Gasteiger partial charge on any atom is -0.439 e. The van der Waals surface area contributed by atoms with Crippen LogP contribution in [0.15, 0.2) is 73.7 Å². The van der Waals surface area contributed by atoms with Gasteiger partial charge in [0.2, 0.25) is 5.88 Å². The molecular formula is C20H13F3N6O2. The monoisotopic (exact) mass is 426 g/mol. The summed E-state index contributed by atoms with van der Waals surface area (Å²) in [6.45, 7) is 0. The predicted octanol–water partition coefficient (Wildman–Crippen LogP) is 4.12. The van der Waals surface area contributed by atoms with E-state index in [9.17, 15) is 18.0 Å². The molecule has 0 aliphatic rings. The van der Waals surface area contributed by atoms with Crippen molar-refractivity contribution in [2.75, 3.05) is 5.32 Å². The van der Waals surface area contributed by atoms with Crippen molar-refractivity contribution in [2.45, 2.75) is 6.18 Å². The number of carbonyl (C=O) groups excluding carboxylic acids is 1. The Balaban J connectivity index is 1.40. The summed E-state index contributed by atoms with van der Waals surface area (Å²) < 4.78 is 45.1. The molecule has 0 radical (unpaired) electrons. The normalized spacial score (nSPS) is 11.2. The highest BCUT2D eigenvalue weighted by Gasteiger charge is 2.32. The SMILES string of the molecule is O=C(Nc1ccc(Oc2cc(-n3ccnc3)ncn2)cc1)c1ccc(C(F)(F)F)nc1. The molecule has 0 fully saturated rings. The molecule has 4 aromatic rings. The first-order valence-electron chi connectivity index (χ1n) is 8.81. The Bertz CT molecular complexity index is 1180. The minimum absolute atomic E-state index is 0.00124. The van der Waals surface area contributed by atoms with Crippen LogP contribution in [-0.4, -0.2) is 30.4 Å². The van der Waals surface area contributed by atoms with Gasteiger partial charge in [-0.1, -0.05) is 0 Å². The maximum absolute atomic E-state index is 12.6. The molecule has 3 heterocycles. The number of nitrogens with one attached hydrogen (secondary N) is 1. The van der Waals surface area contributed by atoms with E-state index in [4.69, 9.17) is 4.74 Å². The minimum atomic E-state index is -4.56. The molecule has 0 atom stereocenters. The van der Waals surface area contributed by atoms with Gasteiger partial charge in [0.25, 0.3) is 5.91 Å². The highest BCUT2D eigenvalue weighted by Crippen LogP contribution is 2.27. The van der Waals surface area contributed by atoms with Crippen molar-refractivity contribution in [3.8, 4) is 17.4 Å². The number of aromatic nitrogens is 5. The smallest absolute Gasteiger partial charge is 0.433 e. The molecule has 156 valence electrons. The van der Waals surface area contributed by atoms with E-state index in [0.717, 1.165) is 18.3 Å². The highest BCUT2D eigenvalue weighted by atomic mass is 19.4. The number of pyridine rings is 1. The van der Waals surface area contributed by atoms with E-state index in [1.807, 2.05) is 0 Å². The van der Waals surface area contributed by atoms with Crippen molar-refractivity contribution in [1.82, 2.24) is 24.5 Å². The van der Waals surface area contributed by atoms with Gasteiger partial charge in [-0.25, -0.2) is 15.0 Å². The second-order valence-electron chi connectivity index (χ2n) is 6.19. The van der Waals surface area contributed by atoms with E-state index in [1.54, 1.807) is 53.6 Å². The number of rotatable bonds is 5. The first-order valence-corrected chi connectivity index (χ1v) is 8.81. The maximum Gasteiger partial charge on any atom is 0.433 e. The van der Waals surface area contributed by atoms with Gasteiger partial charge in [-0.2, -0.15) is 13.2 Å². The summed E-state index contributed by atoms with van der Waals surface area (Å²) in [7, 11) is 0. The van der Waals surface area contributed by atoms with Crippen LogP contribution >= 0.6 is 0 Å². The lowest BCUT2D eigenvalue weighted by molar-refractivity contribution is -0.141. The van der Waals surface area contributed by atoms with Crippen molar-refractivity contribution < 1.29 is 22.7 Å². The van der Waals surface area contributed by atoms with Crippen LogP contribution < -0.4 is 10.1 Å². The van der Waals surface area contributed by atoms with Gasteiger partial charge in [0.05, 0.1) is 5.56 Å². The van der Waals surface area contributed by atoms with Gasteiger partial charge in [0, 0.05) is 30.3 Å². The maximum atomic E-state index is 12.6. The zero-order chi connectivity index (χ0) is 21.8. The molecular weight excluding hydrogens is 413 g/mol. The summed E-state index contributed by atoms with van der Waals surface area (Å²) in [5.41, 5.74) is -0.633. The number of halogens is 3. The topological polar surface area (TPSA) is 94.8 Å². The Kier molecular flexibility index (Phi) is 5.31. The summed E-state index contributed by atoms with van der Waals surface area (Å²) in [5.74, 6) is 0.767. The van der Waals surface area contributed by atoms with E-state index < -0.39 is 17.8 Å². The summed E-state index contributed by atoms with van der Waals surface area (Å²) in [6.07, 6.45) is 2.62. The predicted molar refractivity (Wildman–Crippen MR) is 103 cm³/mol. The third kappa shape index (κ3) is 4.83. The van der Waals surface area contributed by atoms with Crippen LogP contribution in [0.1, 0.15) is 16.1 Å². The number of ether oxygens (including phenoxy) is 1. The van der Waals surface area contributed by atoms with Crippen molar-refractivity contribution in [1.29, 1.82) is 0 Å². The summed E-state index contributed by atoms with van der Waals surface area (Å²) >= 11 is 0. The van der Waals surface area contributed by atoms with Gasteiger partial charge in [-0.05, 0) is 36.4 Å². The van der Waals surface area contributed by atoms with Gasteiger partial charge >= 0.3 is 6.18 Å². The first kappa shape index (κ1) is 20.0. The van der Waals surface area contributed by atoms with Gasteiger partial charge < -0.3 is 10.1 Å². The van der Waals surface area contributed by atoms with E-state index in [-0.39, 0.29) is 5.56 Å². The van der Waals surface area contributed by atoms with E-state index >= 15 is 0 Å². The molecule has 31 heavy (non-hydrogen) atoms. The summed E-state index contributed by atoms with van der Waals surface area (Å²) in [4.78, 5) is 27.6. The average molecular weight is 426 g/mol. The quantitative estimate of drug-likeness (QED) is 0.516. The molecule has 4 rings (SSSR count). The number of carbonyl (C=O) groups is 1. The number of hydrogen-bond acceptors (Lipinski definition) is 6. The Morgan fingerprint density at radius 2 is 1.84 bits per heavy atom. The Morgan fingerprint density at radius 1 is 1.03 bits per heavy atom. The van der Waals surface area contributed by atoms with Gasteiger partial charge in [-0.15, -0.1) is 0 Å². The highest BCUT2D eigenvalue weighted by molar-refractivity contribution is 6.04. The lowest BCUT2D eigenvalue weighted by Crippen LogP contribution is -2.14.